The molecule has 1 N–H and O–H groups in total. The standard InChI is InChI=1S/C13H30N2/c1-6-8-9-10-15(12(3)4)13(7-2)11-14-5/h12-14H,6-11H2,1-5H3. The van der Waals surface area contributed by atoms with Crippen LogP contribution in [-0.2, 0) is 0 Å². The highest BCUT2D eigenvalue weighted by molar-refractivity contribution is 4.75. The Bertz CT molecular complexity index is 134. The van der Waals surface area contributed by atoms with Gasteiger partial charge in [-0.25, -0.2) is 0 Å². The maximum Gasteiger partial charge on any atom is 0.0220 e. The summed E-state index contributed by atoms with van der Waals surface area (Å²) in [5.41, 5.74) is 0. The van der Waals surface area contributed by atoms with Crippen molar-refractivity contribution < 1.29 is 0 Å². The second-order valence-electron chi connectivity index (χ2n) is 4.66. The van der Waals surface area contributed by atoms with E-state index < -0.39 is 0 Å². The molecular formula is C13H30N2. The molecule has 0 aliphatic heterocycles. The summed E-state index contributed by atoms with van der Waals surface area (Å²) in [6.07, 6.45) is 5.26. The molecule has 0 aromatic rings. The molecule has 0 aliphatic carbocycles. The maximum absolute atomic E-state index is 3.30. The molecule has 1 unspecified atom stereocenters. The quantitative estimate of drug-likeness (QED) is 0.594. The molecule has 0 aliphatic rings. The zero-order valence-corrected chi connectivity index (χ0v) is 11.3. The summed E-state index contributed by atoms with van der Waals surface area (Å²) in [6, 6.07) is 1.37. The Morgan fingerprint density at radius 3 is 2.20 bits per heavy atom. The molecule has 0 aromatic heterocycles. The molecular weight excluding hydrogens is 184 g/mol. The van der Waals surface area contributed by atoms with Gasteiger partial charge in [0.15, 0.2) is 0 Å². The average molecular weight is 214 g/mol. The van der Waals surface area contributed by atoms with Crippen molar-refractivity contribution in [1.29, 1.82) is 0 Å². The van der Waals surface area contributed by atoms with E-state index in [1.807, 2.05) is 7.05 Å². The molecule has 0 saturated heterocycles. The number of rotatable bonds is 9. The minimum Gasteiger partial charge on any atom is -0.318 e. The van der Waals surface area contributed by atoms with E-state index in [0.29, 0.717) is 12.1 Å². The van der Waals surface area contributed by atoms with E-state index in [9.17, 15) is 0 Å². The van der Waals surface area contributed by atoms with Crippen molar-refractivity contribution in [3.05, 3.63) is 0 Å². The fourth-order valence-electron chi connectivity index (χ4n) is 2.14. The van der Waals surface area contributed by atoms with Crippen LogP contribution in [0.4, 0.5) is 0 Å². The Morgan fingerprint density at radius 1 is 1.13 bits per heavy atom. The van der Waals surface area contributed by atoms with E-state index in [1.165, 1.54) is 32.2 Å². The summed E-state index contributed by atoms with van der Waals surface area (Å²) in [6.45, 7) is 11.5. The van der Waals surface area contributed by atoms with Crippen LogP contribution in [0.3, 0.4) is 0 Å². The molecule has 0 amide bonds. The van der Waals surface area contributed by atoms with Gasteiger partial charge in [-0.15, -0.1) is 0 Å². The lowest BCUT2D eigenvalue weighted by Crippen LogP contribution is -2.45. The molecule has 2 nitrogen and oxygen atoms in total. The van der Waals surface area contributed by atoms with E-state index in [4.69, 9.17) is 0 Å². The molecule has 1 atom stereocenters. The first-order valence-corrected chi connectivity index (χ1v) is 6.57. The van der Waals surface area contributed by atoms with E-state index in [-0.39, 0.29) is 0 Å². The van der Waals surface area contributed by atoms with E-state index in [1.54, 1.807) is 0 Å². The summed E-state index contributed by atoms with van der Waals surface area (Å²) in [7, 11) is 2.05. The van der Waals surface area contributed by atoms with Gasteiger partial charge in [0.2, 0.25) is 0 Å². The smallest absolute Gasteiger partial charge is 0.0220 e. The number of likely N-dealkylation sites (N-methyl/N-ethyl adjacent to an activating group) is 1. The minimum atomic E-state index is 0.667. The van der Waals surface area contributed by atoms with Crippen molar-refractivity contribution in [2.45, 2.75) is 65.5 Å². The molecule has 92 valence electrons. The van der Waals surface area contributed by atoms with Crippen molar-refractivity contribution in [3.63, 3.8) is 0 Å². The predicted octanol–water partition coefficient (Wildman–Crippen LogP) is 2.89. The molecule has 0 fully saturated rings. The third-order valence-corrected chi connectivity index (χ3v) is 3.06. The Hall–Kier alpha value is -0.0800. The number of hydrogen-bond donors (Lipinski definition) is 1. The van der Waals surface area contributed by atoms with Gasteiger partial charge in [-0.05, 0) is 40.3 Å². The monoisotopic (exact) mass is 214 g/mol. The Kier molecular flexibility index (Phi) is 9.12. The van der Waals surface area contributed by atoms with Crippen LogP contribution >= 0.6 is 0 Å². The number of hydrogen-bond acceptors (Lipinski definition) is 2. The summed E-state index contributed by atoms with van der Waals surface area (Å²) in [4.78, 5) is 2.64. The van der Waals surface area contributed by atoms with Gasteiger partial charge >= 0.3 is 0 Å². The van der Waals surface area contributed by atoms with Crippen molar-refractivity contribution in [2.75, 3.05) is 20.1 Å². The Labute approximate surface area is 96.4 Å². The summed E-state index contributed by atoms with van der Waals surface area (Å²) in [5, 5.41) is 3.30. The third-order valence-electron chi connectivity index (χ3n) is 3.06. The first kappa shape index (κ1) is 14.9. The van der Waals surface area contributed by atoms with Gasteiger partial charge in [-0.3, -0.25) is 4.90 Å². The van der Waals surface area contributed by atoms with Crippen molar-refractivity contribution >= 4 is 0 Å². The minimum absolute atomic E-state index is 0.667. The summed E-state index contributed by atoms with van der Waals surface area (Å²) < 4.78 is 0. The van der Waals surface area contributed by atoms with Crippen LogP contribution in [0.25, 0.3) is 0 Å². The molecule has 0 bridgehead atoms. The van der Waals surface area contributed by atoms with Crippen LogP contribution in [0, 0.1) is 0 Å². The SMILES string of the molecule is CCCCCN(C(C)C)C(CC)CNC. The second-order valence-corrected chi connectivity index (χ2v) is 4.66. The number of nitrogens with one attached hydrogen (secondary N) is 1. The van der Waals surface area contributed by atoms with Gasteiger partial charge in [0.1, 0.15) is 0 Å². The van der Waals surface area contributed by atoms with Gasteiger partial charge in [0, 0.05) is 18.6 Å². The van der Waals surface area contributed by atoms with Crippen LogP contribution in [0.5, 0.6) is 0 Å². The first-order valence-electron chi connectivity index (χ1n) is 6.57. The number of unbranched alkanes of at least 4 members (excludes halogenated alkanes) is 2. The molecule has 2 heteroatoms. The van der Waals surface area contributed by atoms with E-state index in [0.717, 1.165) is 6.54 Å². The van der Waals surface area contributed by atoms with Gasteiger partial charge in [-0.1, -0.05) is 26.7 Å². The van der Waals surface area contributed by atoms with Crippen molar-refractivity contribution in [1.82, 2.24) is 10.2 Å². The zero-order chi connectivity index (χ0) is 11.7. The van der Waals surface area contributed by atoms with Gasteiger partial charge in [0.05, 0.1) is 0 Å². The van der Waals surface area contributed by atoms with Gasteiger partial charge in [0.25, 0.3) is 0 Å². The molecule has 15 heavy (non-hydrogen) atoms. The highest BCUT2D eigenvalue weighted by Crippen LogP contribution is 2.10. The molecule has 0 aromatic carbocycles. The largest absolute Gasteiger partial charge is 0.318 e. The summed E-state index contributed by atoms with van der Waals surface area (Å²) >= 11 is 0. The van der Waals surface area contributed by atoms with Crippen molar-refractivity contribution in [2.24, 2.45) is 0 Å². The predicted molar refractivity (Wildman–Crippen MR) is 69.4 cm³/mol. The third kappa shape index (κ3) is 6.16. The Morgan fingerprint density at radius 2 is 1.80 bits per heavy atom. The van der Waals surface area contributed by atoms with Crippen molar-refractivity contribution in [3.8, 4) is 0 Å². The van der Waals surface area contributed by atoms with E-state index >= 15 is 0 Å². The van der Waals surface area contributed by atoms with Gasteiger partial charge < -0.3 is 5.32 Å². The molecule has 0 spiro atoms. The summed E-state index contributed by atoms with van der Waals surface area (Å²) in [5.74, 6) is 0. The molecule has 0 rings (SSSR count). The normalized spacial score (nSPS) is 13.8. The number of nitrogens with zero attached hydrogens (tertiary/aromatic N) is 1. The lowest BCUT2D eigenvalue weighted by Gasteiger charge is -2.34. The van der Waals surface area contributed by atoms with Crippen LogP contribution in [0.1, 0.15) is 53.4 Å². The average Bonchev–Trinajstić information content (AvgIpc) is 2.21. The second kappa shape index (κ2) is 9.17. The molecule has 0 heterocycles. The van der Waals surface area contributed by atoms with Crippen LogP contribution in [0.2, 0.25) is 0 Å². The Balaban J connectivity index is 4.09. The highest BCUT2D eigenvalue weighted by atomic mass is 15.2. The topological polar surface area (TPSA) is 15.3 Å². The molecule has 0 saturated carbocycles. The fourth-order valence-corrected chi connectivity index (χ4v) is 2.14. The zero-order valence-electron chi connectivity index (χ0n) is 11.3. The molecule has 0 radical (unpaired) electrons. The first-order chi connectivity index (χ1) is 7.17. The van der Waals surface area contributed by atoms with Gasteiger partial charge in [-0.2, -0.15) is 0 Å². The highest BCUT2D eigenvalue weighted by Gasteiger charge is 2.18. The van der Waals surface area contributed by atoms with Crippen LogP contribution in [0.15, 0.2) is 0 Å². The van der Waals surface area contributed by atoms with E-state index in [2.05, 4.69) is 37.9 Å². The fraction of sp³-hybridized carbons (Fsp3) is 1.00. The lowest BCUT2D eigenvalue weighted by molar-refractivity contribution is 0.144. The maximum atomic E-state index is 3.30. The van der Waals surface area contributed by atoms with Crippen LogP contribution in [-0.4, -0.2) is 37.1 Å². The lowest BCUT2D eigenvalue weighted by atomic mass is 10.1. The van der Waals surface area contributed by atoms with Crippen LogP contribution < -0.4 is 5.32 Å².